The summed E-state index contributed by atoms with van der Waals surface area (Å²) >= 11 is 0. The fourth-order valence-electron chi connectivity index (χ4n) is 6.28. The van der Waals surface area contributed by atoms with Gasteiger partial charge in [0.1, 0.15) is 5.83 Å². The third-order valence-corrected chi connectivity index (χ3v) is 8.82. The highest BCUT2D eigenvalue weighted by molar-refractivity contribution is 5.88. The molecule has 1 unspecified atom stereocenters. The molecule has 0 spiro atoms. The molecule has 3 fully saturated rings. The molecular formula is C33H41FN6O4. The molecule has 5 rings (SSSR count). The maximum Gasteiger partial charge on any atom is 0.335 e. The molecule has 3 aliphatic heterocycles. The zero-order valence-electron chi connectivity index (χ0n) is 25.4. The Morgan fingerprint density at radius 3 is 2.48 bits per heavy atom. The Morgan fingerprint density at radius 1 is 1.16 bits per heavy atom. The lowest BCUT2D eigenvalue weighted by molar-refractivity contribution is 0.0493. The normalized spacial score (nSPS) is 21.2. The fourth-order valence-corrected chi connectivity index (χ4v) is 6.28. The quantitative estimate of drug-likeness (QED) is 0.344. The van der Waals surface area contributed by atoms with Gasteiger partial charge in [0.25, 0.3) is 0 Å². The van der Waals surface area contributed by atoms with Crippen LogP contribution in [-0.2, 0) is 11.3 Å². The zero-order valence-corrected chi connectivity index (χ0v) is 25.4. The van der Waals surface area contributed by atoms with Gasteiger partial charge in [-0.1, -0.05) is 18.7 Å². The van der Waals surface area contributed by atoms with E-state index < -0.39 is 5.97 Å². The number of carbonyl (C=O) groups is 2. The van der Waals surface area contributed by atoms with Crippen LogP contribution in [0.1, 0.15) is 54.2 Å². The highest BCUT2D eigenvalue weighted by atomic mass is 19.1. The van der Waals surface area contributed by atoms with Gasteiger partial charge >= 0.3 is 12.0 Å². The van der Waals surface area contributed by atoms with E-state index in [0.717, 1.165) is 55.6 Å². The predicted molar refractivity (Wildman–Crippen MR) is 166 cm³/mol. The summed E-state index contributed by atoms with van der Waals surface area (Å²) in [6, 6.07) is 6.39. The van der Waals surface area contributed by atoms with Crippen LogP contribution in [0.2, 0.25) is 0 Å². The minimum atomic E-state index is -0.973. The predicted octanol–water partition coefficient (Wildman–Crippen LogP) is 5.46. The van der Waals surface area contributed by atoms with Gasteiger partial charge in [-0.3, -0.25) is 4.90 Å². The molecule has 11 heteroatoms. The van der Waals surface area contributed by atoms with Crippen molar-refractivity contribution in [3.8, 4) is 0 Å². The number of carboxylic acids is 1. The molecule has 10 nitrogen and oxygen atoms in total. The summed E-state index contributed by atoms with van der Waals surface area (Å²) in [6.45, 7) is 11.7. The molecule has 234 valence electrons. The number of rotatable bonds is 10. The molecule has 0 bridgehead atoms. The van der Waals surface area contributed by atoms with Crippen molar-refractivity contribution in [2.75, 3.05) is 38.2 Å². The highest BCUT2D eigenvalue weighted by Crippen LogP contribution is 2.33. The first kappa shape index (κ1) is 31.3. The first-order valence-electron chi connectivity index (χ1n) is 15.2. The van der Waals surface area contributed by atoms with Crippen LogP contribution in [0.25, 0.3) is 0 Å². The number of hydrogen-bond donors (Lipinski definition) is 2. The van der Waals surface area contributed by atoms with E-state index in [1.807, 2.05) is 22.9 Å². The van der Waals surface area contributed by atoms with Crippen LogP contribution >= 0.6 is 0 Å². The Bertz CT molecular complexity index is 1410. The van der Waals surface area contributed by atoms with E-state index in [4.69, 9.17) is 9.84 Å². The molecule has 2 amide bonds. The Labute approximate surface area is 257 Å². The number of nitrogens with one attached hydrogen (secondary N) is 1. The second kappa shape index (κ2) is 14.1. The van der Waals surface area contributed by atoms with Crippen LogP contribution in [-0.4, -0.2) is 92.7 Å². The largest absolute Gasteiger partial charge is 0.478 e. The number of piperidine rings is 1. The number of halogens is 1. The monoisotopic (exact) mass is 604 g/mol. The number of aromatic carboxylic acids is 1. The van der Waals surface area contributed by atoms with Crippen molar-refractivity contribution in [2.24, 2.45) is 0 Å². The molecule has 44 heavy (non-hydrogen) atoms. The second-order valence-corrected chi connectivity index (χ2v) is 11.5. The summed E-state index contributed by atoms with van der Waals surface area (Å²) in [5.74, 6) is -0.860. The van der Waals surface area contributed by atoms with Gasteiger partial charge in [-0.05, 0) is 75.4 Å². The summed E-state index contributed by atoms with van der Waals surface area (Å²) in [4.78, 5) is 40.4. The van der Waals surface area contributed by atoms with Crippen LogP contribution < -0.4 is 5.32 Å². The highest BCUT2D eigenvalue weighted by Gasteiger charge is 2.45. The number of benzene rings is 1. The molecule has 0 radical (unpaired) electrons. The second-order valence-electron chi connectivity index (χ2n) is 11.5. The van der Waals surface area contributed by atoms with Crippen LogP contribution in [0.3, 0.4) is 0 Å². The number of aromatic nitrogens is 2. The molecule has 1 atom stereocenters. The number of allylic oxidation sites excluding steroid dienone is 3. The van der Waals surface area contributed by atoms with E-state index >= 15 is 0 Å². The van der Waals surface area contributed by atoms with E-state index in [9.17, 15) is 14.0 Å². The zero-order chi connectivity index (χ0) is 31.2. The lowest BCUT2D eigenvalue weighted by atomic mass is 9.98. The van der Waals surface area contributed by atoms with Gasteiger partial charge < -0.3 is 25.0 Å². The number of nitrogens with zero attached hydrogens (tertiary/aromatic N) is 5. The molecule has 0 saturated carbocycles. The van der Waals surface area contributed by atoms with E-state index in [-0.39, 0.29) is 35.5 Å². The Balaban J connectivity index is 1.23. The first-order valence-corrected chi connectivity index (χ1v) is 15.2. The van der Waals surface area contributed by atoms with E-state index in [1.165, 1.54) is 24.3 Å². The smallest absolute Gasteiger partial charge is 0.335 e. The van der Waals surface area contributed by atoms with Gasteiger partial charge in [-0.2, -0.15) is 0 Å². The van der Waals surface area contributed by atoms with Gasteiger partial charge in [-0.15, -0.1) is 0 Å². The third-order valence-electron chi connectivity index (χ3n) is 8.82. The molecule has 3 saturated heterocycles. The summed E-state index contributed by atoms with van der Waals surface area (Å²) in [5.41, 5.74) is 3.53. The van der Waals surface area contributed by atoms with E-state index in [1.54, 1.807) is 25.1 Å². The fraction of sp³-hybridized carbons (Fsp3) is 0.455. The molecule has 4 heterocycles. The number of carbonyl (C=O) groups excluding carboxylic acids is 1. The number of urea groups is 1. The minimum Gasteiger partial charge on any atom is -0.478 e. The van der Waals surface area contributed by atoms with Crippen molar-refractivity contribution in [2.45, 2.75) is 64.2 Å². The lowest BCUT2D eigenvalue weighted by Gasteiger charge is -2.39. The van der Waals surface area contributed by atoms with Crippen LogP contribution in [0.15, 0.2) is 66.7 Å². The minimum absolute atomic E-state index is 0.0268. The maximum atomic E-state index is 14.4. The Kier molecular flexibility index (Phi) is 10.1. The average Bonchev–Trinajstić information content (AvgIpc) is 3.38. The van der Waals surface area contributed by atoms with Gasteiger partial charge in [0, 0.05) is 74.6 Å². The molecule has 2 N–H and O–H groups in total. The summed E-state index contributed by atoms with van der Waals surface area (Å²) < 4.78 is 19.9. The standard InChI is InChI=1S/C33H41FN6O4/c1-4-23(18-26(34)5-2)30-21-39(28-12-16-44-17-13-28)33(43)40(30)29-10-14-38(15-11-29)20-25-19-35-32(36-22(25)3)37-27-8-6-24(7-9-27)31(41)42/h4-9,18-19,28-30H,1,10-17,20-21H2,2-3H3,(H,41,42)(H,35,36,37)/b23-18+,26-5+. The van der Waals surface area contributed by atoms with E-state index in [0.29, 0.717) is 37.9 Å². The molecule has 1 aromatic heterocycles. The van der Waals surface area contributed by atoms with Crippen LogP contribution in [0.5, 0.6) is 0 Å². The topological polar surface area (TPSA) is 111 Å². The van der Waals surface area contributed by atoms with Crippen molar-refractivity contribution < 1.29 is 23.8 Å². The maximum absolute atomic E-state index is 14.4. The molecule has 3 aliphatic rings. The molecule has 1 aromatic carbocycles. The summed E-state index contributed by atoms with van der Waals surface area (Å²) in [7, 11) is 0. The first-order chi connectivity index (χ1) is 21.3. The van der Waals surface area contributed by atoms with Gasteiger partial charge in [0.15, 0.2) is 0 Å². The van der Waals surface area contributed by atoms with Crippen molar-refractivity contribution >= 4 is 23.6 Å². The summed E-state index contributed by atoms with van der Waals surface area (Å²) in [6.07, 6.45) is 9.69. The number of carboxylic acid groups (broad SMARTS) is 1. The lowest BCUT2D eigenvalue weighted by Crippen LogP contribution is -2.50. The van der Waals surface area contributed by atoms with Gasteiger partial charge in [-0.25, -0.2) is 23.9 Å². The number of hydrogen-bond acceptors (Lipinski definition) is 7. The van der Waals surface area contributed by atoms with E-state index in [2.05, 4.69) is 26.8 Å². The Morgan fingerprint density at radius 2 is 1.86 bits per heavy atom. The number of likely N-dealkylation sites (tertiary alicyclic amines) is 1. The average molecular weight is 605 g/mol. The molecule has 2 aromatic rings. The van der Waals surface area contributed by atoms with Crippen LogP contribution in [0, 0.1) is 6.92 Å². The molecule has 0 aliphatic carbocycles. The summed E-state index contributed by atoms with van der Waals surface area (Å²) in [5, 5.41) is 12.2. The van der Waals surface area contributed by atoms with Gasteiger partial charge in [0.2, 0.25) is 5.95 Å². The number of anilines is 2. The Hall–Kier alpha value is -4.09. The van der Waals surface area contributed by atoms with Crippen molar-refractivity contribution in [3.63, 3.8) is 0 Å². The third kappa shape index (κ3) is 7.16. The number of amides is 2. The number of ether oxygens (including phenoxy) is 1. The van der Waals surface area contributed by atoms with Crippen LogP contribution in [0.4, 0.5) is 20.8 Å². The molecular weight excluding hydrogens is 563 g/mol. The van der Waals surface area contributed by atoms with Crippen molar-refractivity contribution in [1.29, 1.82) is 0 Å². The van der Waals surface area contributed by atoms with Crippen molar-refractivity contribution in [3.05, 3.63) is 83.5 Å². The van der Waals surface area contributed by atoms with Gasteiger partial charge in [0.05, 0.1) is 11.6 Å². The SMILES string of the molecule is C=C/C(=C\C(F)=C/C)C1CN(C2CCOCC2)C(=O)N1C1CCN(Cc2cnc(Nc3ccc(C(=O)O)cc3)nc2C)CC1. The number of aryl methyl sites for hydroxylation is 1. The van der Waals surface area contributed by atoms with Crippen molar-refractivity contribution in [1.82, 2.24) is 24.7 Å².